The number of benzene rings is 1. The third-order valence-electron chi connectivity index (χ3n) is 7.64. The van der Waals surface area contributed by atoms with E-state index in [1.54, 1.807) is 21.1 Å². The maximum atomic E-state index is 13.2. The maximum absolute atomic E-state index is 13.2. The van der Waals surface area contributed by atoms with Crippen molar-refractivity contribution in [2.75, 3.05) is 26.2 Å². The van der Waals surface area contributed by atoms with Gasteiger partial charge in [0, 0.05) is 51.6 Å². The van der Waals surface area contributed by atoms with Gasteiger partial charge in [-0.3, -0.25) is 28.9 Å². The smallest absolute Gasteiger partial charge is 0.410 e. The molecule has 2 aromatic rings. The number of carbonyl (C=O) groups is 3. The van der Waals surface area contributed by atoms with E-state index in [-0.39, 0.29) is 24.1 Å². The minimum atomic E-state index is -0.679. The number of imidazole rings is 1. The highest BCUT2D eigenvalue weighted by molar-refractivity contribution is 6.00. The van der Waals surface area contributed by atoms with Crippen LogP contribution in [-0.4, -0.2) is 74.7 Å². The number of rotatable bonds is 3. The Bertz CT molecular complexity index is 1260. The Morgan fingerprint density at radius 1 is 1.06 bits per heavy atom. The highest BCUT2D eigenvalue weighted by Crippen LogP contribution is 2.36. The highest BCUT2D eigenvalue weighted by atomic mass is 16.6. The Kier molecular flexibility index (Phi) is 6.18. The molecule has 3 fully saturated rings. The van der Waals surface area contributed by atoms with Crippen LogP contribution in [0.4, 0.5) is 4.79 Å². The molecule has 0 aliphatic carbocycles. The van der Waals surface area contributed by atoms with Crippen molar-refractivity contribution in [1.29, 1.82) is 0 Å². The predicted octanol–water partition coefficient (Wildman–Crippen LogP) is 2.12. The van der Waals surface area contributed by atoms with E-state index in [2.05, 4.69) is 16.3 Å². The van der Waals surface area contributed by atoms with E-state index in [0.29, 0.717) is 31.5 Å². The van der Waals surface area contributed by atoms with Crippen molar-refractivity contribution in [3.8, 4) is 0 Å². The van der Waals surface area contributed by atoms with Crippen LogP contribution >= 0.6 is 0 Å². The second-order valence-corrected chi connectivity index (χ2v) is 11.2. The maximum Gasteiger partial charge on any atom is 0.410 e. The average Bonchev–Trinajstić information content (AvgIpc) is 3.03. The summed E-state index contributed by atoms with van der Waals surface area (Å²) in [4.78, 5) is 53.9. The molecule has 194 valence electrons. The molecule has 4 heterocycles. The lowest BCUT2D eigenvalue weighted by Crippen LogP contribution is -2.55. The van der Waals surface area contributed by atoms with Gasteiger partial charge in [0.2, 0.25) is 11.8 Å². The number of fused-ring (bicyclic) bond motifs is 1. The number of imide groups is 1. The molecule has 10 nitrogen and oxygen atoms in total. The van der Waals surface area contributed by atoms with Gasteiger partial charge < -0.3 is 9.64 Å². The van der Waals surface area contributed by atoms with Crippen molar-refractivity contribution in [2.24, 2.45) is 7.05 Å². The zero-order chi connectivity index (χ0) is 25.8. The number of aryl methyl sites for hydroxylation is 1. The number of hydrogen-bond acceptors (Lipinski definition) is 6. The molecular weight excluding hydrogens is 462 g/mol. The van der Waals surface area contributed by atoms with E-state index in [9.17, 15) is 19.2 Å². The lowest BCUT2D eigenvalue weighted by molar-refractivity contribution is -0.135. The van der Waals surface area contributed by atoms with Gasteiger partial charge in [-0.15, -0.1) is 0 Å². The van der Waals surface area contributed by atoms with Gasteiger partial charge in [0.1, 0.15) is 11.6 Å². The molecule has 1 aromatic heterocycles. The van der Waals surface area contributed by atoms with Crippen molar-refractivity contribution in [2.45, 2.75) is 70.1 Å². The largest absolute Gasteiger partial charge is 0.444 e. The van der Waals surface area contributed by atoms with Gasteiger partial charge in [0.05, 0.1) is 11.0 Å². The zero-order valence-corrected chi connectivity index (χ0v) is 21.5. The second-order valence-electron chi connectivity index (χ2n) is 11.2. The summed E-state index contributed by atoms with van der Waals surface area (Å²) in [6.45, 7) is 8.83. The Balaban J connectivity index is 1.28. The third-order valence-corrected chi connectivity index (χ3v) is 7.64. The molecule has 3 aliphatic rings. The van der Waals surface area contributed by atoms with E-state index in [4.69, 9.17) is 4.74 Å². The summed E-state index contributed by atoms with van der Waals surface area (Å²) in [7, 11) is 1.75. The van der Waals surface area contributed by atoms with Gasteiger partial charge in [0.15, 0.2) is 0 Å². The number of aromatic nitrogens is 2. The van der Waals surface area contributed by atoms with Gasteiger partial charge >= 0.3 is 11.8 Å². The standard InChI is InChI=1S/C26H35N5O5/c1-26(2,3)36-25(35)29-12-10-17(11-13-29)30-14-16(15-30)18-6-5-7-19-22(18)28(4)24(34)31(19)20-8-9-21(32)27-23(20)33/h5-7,16-17,20H,8-15H2,1-4H3,(H,27,32,33). The van der Waals surface area contributed by atoms with E-state index >= 15 is 0 Å². The van der Waals surface area contributed by atoms with Crippen molar-refractivity contribution in [3.63, 3.8) is 0 Å². The molecule has 0 spiro atoms. The van der Waals surface area contributed by atoms with Crippen LogP contribution in [0, 0.1) is 0 Å². The number of amides is 3. The molecule has 5 rings (SSSR count). The molecule has 3 saturated heterocycles. The van der Waals surface area contributed by atoms with Gasteiger partial charge in [-0.05, 0) is 51.7 Å². The predicted molar refractivity (Wildman–Crippen MR) is 134 cm³/mol. The summed E-state index contributed by atoms with van der Waals surface area (Å²) >= 11 is 0. The topological polar surface area (TPSA) is 106 Å². The van der Waals surface area contributed by atoms with Crippen molar-refractivity contribution >= 4 is 28.9 Å². The van der Waals surface area contributed by atoms with Gasteiger partial charge in [0.25, 0.3) is 0 Å². The molecular formula is C26H35N5O5. The molecule has 1 atom stereocenters. The number of ether oxygens (including phenoxy) is 1. The Labute approximate surface area is 210 Å². The molecule has 0 saturated carbocycles. The molecule has 1 N–H and O–H groups in total. The third kappa shape index (κ3) is 4.42. The van der Waals surface area contributed by atoms with E-state index in [1.165, 1.54) is 0 Å². The Hall–Kier alpha value is -3.14. The minimum absolute atomic E-state index is 0.225. The summed E-state index contributed by atoms with van der Waals surface area (Å²) in [6.07, 6.45) is 2.15. The molecule has 36 heavy (non-hydrogen) atoms. The Morgan fingerprint density at radius 3 is 2.39 bits per heavy atom. The number of para-hydroxylation sites is 1. The summed E-state index contributed by atoms with van der Waals surface area (Å²) in [5.41, 5.74) is 1.98. The fourth-order valence-corrected chi connectivity index (χ4v) is 5.78. The number of carbonyl (C=O) groups excluding carboxylic acids is 3. The Morgan fingerprint density at radius 2 is 1.75 bits per heavy atom. The van der Waals surface area contributed by atoms with Crippen molar-refractivity contribution in [3.05, 3.63) is 34.2 Å². The second kappa shape index (κ2) is 9.06. The zero-order valence-electron chi connectivity index (χ0n) is 21.5. The van der Waals surface area contributed by atoms with Crippen LogP contribution in [0.3, 0.4) is 0 Å². The SMILES string of the molecule is Cn1c(=O)n(C2CCC(=O)NC2=O)c2cccc(C3CN(C4CCN(C(=O)OC(C)(C)C)CC4)C3)c21. The summed E-state index contributed by atoms with van der Waals surface area (Å²) in [6, 6.07) is 5.65. The quantitative estimate of drug-likeness (QED) is 0.652. The first-order valence-corrected chi connectivity index (χ1v) is 12.8. The number of piperidine rings is 2. The summed E-state index contributed by atoms with van der Waals surface area (Å²) in [5, 5.41) is 2.37. The first kappa shape index (κ1) is 24.5. The summed E-state index contributed by atoms with van der Waals surface area (Å²) in [5.74, 6) is -0.420. The fraction of sp³-hybridized carbons (Fsp3) is 0.615. The van der Waals surface area contributed by atoms with Crippen LogP contribution in [0.25, 0.3) is 11.0 Å². The first-order chi connectivity index (χ1) is 17.0. The average molecular weight is 498 g/mol. The van der Waals surface area contributed by atoms with Crippen LogP contribution in [0.15, 0.2) is 23.0 Å². The van der Waals surface area contributed by atoms with E-state index in [1.807, 2.05) is 32.9 Å². The number of hydrogen-bond donors (Lipinski definition) is 1. The number of nitrogens with one attached hydrogen (secondary N) is 1. The normalized spacial score (nSPS) is 22.6. The van der Waals surface area contributed by atoms with Crippen LogP contribution < -0.4 is 11.0 Å². The van der Waals surface area contributed by atoms with Gasteiger partial charge in [-0.2, -0.15) is 0 Å². The van der Waals surface area contributed by atoms with Crippen LogP contribution in [-0.2, 0) is 21.4 Å². The molecule has 0 radical (unpaired) electrons. The lowest BCUT2D eigenvalue weighted by atomic mass is 9.87. The molecule has 1 unspecified atom stereocenters. The highest BCUT2D eigenvalue weighted by Gasteiger charge is 2.38. The minimum Gasteiger partial charge on any atom is -0.444 e. The van der Waals surface area contributed by atoms with E-state index < -0.39 is 17.6 Å². The van der Waals surface area contributed by atoms with Crippen LogP contribution in [0.2, 0.25) is 0 Å². The molecule has 10 heteroatoms. The number of likely N-dealkylation sites (tertiary alicyclic amines) is 2. The summed E-state index contributed by atoms with van der Waals surface area (Å²) < 4.78 is 8.69. The fourth-order valence-electron chi connectivity index (χ4n) is 5.78. The number of nitrogens with zero attached hydrogens (tertiary/aromatic N) is 4. The molecule has 1 aromatic carbocycles. The lowest BCUT2D eigenvalue weighted by Gasteiger charge is -2.47. The van der Waals surface area contributed by atoms with Crippen molar-refractivity contribution < 1.29 is 19.1 Å². The van der Waals surface area contributed by atoms with Crippen molar-refractivity contribution in [1.82, 2.24) is 24.3 Å². The van der Waals surface area contributed by atoms with Gasteiger partial charge in [-0.1, -0.05) is 12.1 Å². The monoisotopic (exact) mass is 497 g/mol. The first-order valence-electron chi connectivity index (χ1n) is 12.8. The molecule has 3 aliphatic heterocycles. The van der Waals surface area contributed by atoms with Crippen LogP contribution in [0.1, 0.15) is 64.0 Å². The van der Waals surface area contributed by atoms with Gasteiger partial charge in [-0.25, -0.2) is 9.59 Å². The van der Waals surface area contributed by atoms with Crippen LogP contribution in [0.5, 0.6) is 0 Å². The molecule has 3 amide bonds. The van der Waals surface area contributed by atoms with E-state index in [0.717, 1.165) is 42.5 Å². The molecule has 0 bridgehead atoms.